The van der Waals surface area contributed by atoms with Crippen LogP contribution in [0, 0.1) is 0 Å². The maximum Gasteiger partial charge on any atom is 0.0968 e. The van der Waals surface area contributed by atoms with Crippen molar-refractivity contribution in [1.29, 1.82) is 0 Å². The van der Waals surface area contributed by atoms with Gasteiger partial charge >= 0.3 is 0 Å². The number of nitrogens with two attached hydrogens (primary N) is 1. The molecule has 0 bridgehead atoms. The predicted octanol–water partition coefficient (Wildman–Crippen LogP) is 2.38. The molecular weight excluding hydrogens is 276 g/mol. The molecule has 4 aromatic rings. The number of hydrogen-bond donors (Lipinski definition) is 1. The molecular formula is C16H14N6. The molecule has 3 heterocycles. The van der Waals surface area contributed by atoms with Gasteiger partial charge in [0.2, 0.25) is 0 Å². The van der Waals surface area contributed by atoms with E-state index in [2.05, 4.69) is 10.2 Å². The van der Waals surface area contributed by atoms with Crippen molar-refractivity contribution >= 4 is 11.2 Å². The lowest BCUT2D eigenvalue weighted by molar-refractivity contribution is 0.768. The number of aromatic nitrogens is 5. The molecule has 0 aliphatic heterocycles. The van der Waals surface area contributed by atoms with Crippen LogP contribution in [0.15, 0.2) is 55.1 Å². The van der Waals surface area contributed by atoms with Crippen LogP contribution in [0.1, 0.15) is 0 Å². The van der Waals surface area contributed by atoms with Gasteiger partial charge in [-0.05, 0) is 18.2 Å². The highest BCUT2D eigenvalue weighted by molar-refractivity contribution is 5.80. The van der Waals surface area contributed by atoms with Gasteiger partial charge in [0, 0.05) is 30.1 Å². The van der Waals surface area contributed by atoms with Gasteiger partial charge in [-0.2, -0.15) is 10.2 Å². The van der Waals surface area contributed by atoms with E-state index in [9.17, 15) is 0 Å². The van der Waals surface area contributed by atoms with E-state index in [1.165, 1.54) is 0 Å². The SMILES string of the molecule is Cn1cc(-c2cn3nccc3c(-c3cccc(N)c3)n2)cn1. The fraction of sp³-hybridized carbons (Fsp3) is 0.0625. The normalized spacial score (nSPS) is 11.1. The number of aryl methyl sites for hydroxylation is 1. The Kier molecular flexibility index (Phi) is 2.69. The Morgan fingerprint density at radius 1 is 1.05 bits per heavy atom. The molecule has 22 heavy (non-hydrogen) atoms. The largest absolute Gasteiger partial charge is 0.399 e. The van der Waals surface area contributed by atoms with Crippen molar-refractivity contribution in [2.24, 2.45) is 7.05 Å². The molecule has 6 heteroatoms. The molecule has 0 spiro atoms. The van der Waals surface area contributed by atoms with Gasteiger partial charge in [-0.25, -0.2) is 9.50 Å². The molecule has 6 nitrogen and oxygen atoms in total. The van der Waals surface area contributed by atoms with Crippen LogP contribution in [-0.2, 0) is 7.05 Å². The summed E-state index contributed by atoms with van der Waals surface area (Å²) in [5, 5.41) is 8.54. The van der Waals surface area contributed by atoms with Crippen LogP contribution >= 0.6 is 0 Å². The molecule has 108 valence electrons. The van der Waals surface area contributed by atoms with Crippen molar-refractivity contribution in [3.05, 3.63) is 55.1 Å². The summed E-state index contributed by atoms with van der Waals surface area (Å²) in [5.74, 6) is 0. The standard InChI is InChI=1S/C16H14N6/c1-21-9-12(8-19-21)14-10-22-15(5-6-18-22)16(20-14)11-3-2-4-13(17)7-11/h2-10H,17H2,1H3. The first-order chi connectivity index (χ1) is 10.7. The second-order valence-electron chi connectivity index (χ2n) is 5.16. The van der Waals surface area contributed by atoms with Crippen molar-refractivity contribution < 1.29 is 0 Å². The van der Waals surface area contributed by atoms with E-state index in [0.29, 0.717) is 5.69 Å². The van der Waals surface area contributed by atoms with E-state index >= 15 is 0 Å². The van der Waals surface area contributed by atoms with Crippen molar-refractivity contribution in [1.82, 2.24) is 24.4 Å². The van der Waals surface area contributed by atoms with E-state index in [1.807, 2.05) is 54.3 Å². The second-order valence-corrected chi connectivity index (χ2v) is 5.16. The number of anilines is 1. The quantitative estimate of drug-likeness (QED) is 0.575. The molecule has 0 atom stereocenters. The Morgan fingerprint density at radius 2 is 1.95 bits per heavy atom. The Bertz CT molecular complexity index is 966. The minimum absolute atomic E-state index is 0.712. The Balaban J connectivity index is 1.98. The van der Waals surface area contributed by atoms with Crippen molar-refractivity contribution in [3.8, 4) is 22.5 Å². The summed E-state index contributed by atoms with van der Waals surface area (Å²) < 4.78 is 3.58. The molecule has 0 amide bonds. The summed E-state index contributed by atoms with van der Waals surface area (Å²) >= 11 is 0. The Labute approximate surface area is 126 Å². The fourth-order valence-corrected chi connectivity index (χ4v) is 2.52. The summed E-state index contributed by atoms with van der Waals surface area (Å²) in [6, 6.07) is 9.65. The van der Waals surface area contributed by atoms with Gasteiger partial charge in [0.25, 0.3) is 0 Å². The molecule has 3 aromatic heterocycles. The first-order valence-corrected chi connectivity index (χ1v) is 6.90. The van der Waals surface area contributed by atoms with Crippen LogP contribution in [0.2, 0.25) is 0 Å². The maximum absolute atomic E-state index is 5.90. The molecule has 4 rings (SSSR count). The van der Waals surface area contributed by atoms with Gasteiger partial charge in [0.05, 0.1) is 35.5 Å². The maximum atomic E-state index is 5.90. The molecule has 0 aliphatic rings. The summed E-state index contributed by atoms with van der Waals surface area (Å²) in [4.78, 5) is 4.80. The predicted molar refractivity (Wildman–Crippen MR) is 85.0 cm³/mol. The van der Waals surface area contributed by atoms with E-state index in [-0.39, 0.29) is 0 Å². The number of nitrogen functional groups attached to an aromatic ring is 1. The lowest BCUT2D eigenvalue weighted by Gasteiger charge is -2.07. The lowest BCUT2D eigenvalue weighted by atomic mass is 10.1. The molecule has 0 aliphatic carbocycles. The first kappa shape index (κ1) is 12.6. The van der Waals surface area contributed by atoms with E-state index in [1.54, 1.807) is 17.1 Å². The highest BCUT2D eigenvalue weighted by atomic mass is 15.2. The molecule has 0 radical (unpaired) electrons. The van der Waals surface area contributed by atoms with Crippen LogP contribution in [0.3, 0.4) is 0 Å². The Hall–Kier alpha value is -3.15. The van der Waals surface area contributed by atoms with Crippen LogP contribution < -0.4 is 5.73 Å². The highest BCUT2D eigenvalue weighted by Gasteiger charge is 2.11. The summed E-state index contributed by atoms with van der Waals surface area (Å²) in [7, 11) is 1.88. The molecule has 0 unspecified atom stereocenters. The third kappa shape index (κ3) is 2.01. The minimum atomic E-state index is 0.712. The second kappa shape index (κ2) is 4.70. The average Bonchev–Trinajstić information content (AvgIpc) is 3.14. The van der Waals surface area contributed by atoms with Crippen molar-refractivity contribution in [2.75, 3.05) is 5.73 Å². The fourth-order valence-electron chi connectivity index (χ4n) is 2.52. The van der Waals surface area contributed by atoms with Gasteiger partial charge in [0.15, 0.2) is 0 Å². The zero-order chi connectivity index (χ0) is 15.1. The zero-order valence-electron chi connectivity index (χ0n) is 12.0. The molecule has 1 aromatic carbocycles. The summed E-state index contributed by atoms with van der Waals surface area (Å²) in [6.45, 7) is 0. The van der Waals surface area contributed by atoms with Crippen LogP contribution in [0.5, 0.6) is 0 Å². The van der Waals surface area contributed by atoms with Crippen molar-refractivity contribution in [2.45, 2.75) is 0 Å². The number of hydrogen-bond acceptors (Lipinski definition) is 4. The smallest absolute Gasteiger partial charge is 0.0968 e. The average molecular weight is 290 g/mol. The van der Waals surface area contributed by atoms with Gasteiger partial charge < -0.3 is 5.73 Å². The third-order valence-corrected chi connectivity index (χ3v) is 3.55. The third-order valence-electron chi connectivity index (χ3n) is 3.55. The van der Waals surface area contributed by atoms with Gasteiger partial charge in [-0.1, -0.05) is 12.1 Å². The number of fused-ring (bicyclic) bond motifs is 1. The minimum Gasteiger partial charge on any atom is -0.399 e. The number of rotatable bonds is 2. The topological polar surface area (TPSA) is 74.0 Å². The van der Waals surface area contributed by atoms with E-state index in [0.717, 1.165) is 28.0 Å². The lowest BCUT2D eigenvalue weighted by Crippen LogP contribution is -1.97. The van der Waals surface area contributed by atoms with Gasteiger partial charge in [-0.15, -0.1) is 0 Å². The van der Waals surface area contributed by atoms with E-state index < -0.39 is 0 Å². The molecule has 0 saturated carbocycles. The summed E-state index contributed by atoms with van der Waals surface area (Å²) in [6.07, 6.45) is 7.39. The number of nitrogens with zero attached hydrogens (tertiary/aromatic N) is 5. The number of benzene rings is 1. The van der Waals surface area contributed by atoms with Crippen molar-refractivity contribution in [3.63, 3.8) is 0 Å². The van der Waals surface area contributed by atoms with E-state index in [4.69, 9.17) is 10.7 Å². The van der Waals surface area contributed by atoms with Gasteiger partial charge in [0.1, 0.15) is 0 Å². The zero-order valence-corrected chi connectivity index (χ0v) is 12.0. The molecule has 0 fully saturated rings. The monoisotopic (exact) mass is 290 g/mol. The highest BCUT2D eigenvalue weighted by Crippen LogP contribution is 2.27. The summed E-state index contributed by atoms with van der Waals surface area (Å²) in [5.41, 5.74) is 11.2. The van der Waals surface area contributed by atoms with Crippen LogP contribution in [0.25, 0.3) is 28.0 Å². The van der Waals surface area contributed by atoms with Gasteiger partial charge in [-0.3, -0.25) is 4.68 Å². The first-order valence-electron chi connectivity index (χ1n) is 6.90. The van der Waals surface area contributed by atoms with Crippen LogP contribution in [-0.4, -0.2) is 24.4 Å². The Morgan fingerprint density at radius 3 is 2.73 bits per heavy atom. The molecule has 0 saturated heterocycles. The molecule has 2 N–H and O–H groups in total. The van der Waals surface area contributed by atoms with Crippen LogP contribution in [0.4, 0.5) is 5.69 Å².